The van der Waals surface area contributed by atoms with Crippen molar-refractivity contribution in [1.82, 2.24) is 15.3 Å². The lowest BCUT2D eigenvalue weighted by molar-refractivity contribution is 0.616. The largest absolute Gasteiger partial charge is 0.341 e. The molecule has 6 heteroatoms. The Morgan fingerprint density at radius 2 is 2.00 bits per heavy atom. The highest BCUT2D eigenvalue weighted by Crippen LogP contribution is 2.13. The van der Waals surface area contributed by atoms with Crippen LogP contribution in [0.1, 0.15) is 22.4 Å². The maximum Gasteiger partial charge on any atom is 0.255 e. The molecule has 0 unspecified atom stereocenters. The molecule has 0 spiro atoms. The summed E-state index contributed by atoms with van der Waals surface area (Å²) in [5.74, 6) is 0.628. The van der Waals surface area contributed by atoms with Crippen molar-refractivity contribution in [2.24, 2.45) is 0 Å². The molecule has 0 bridgehead atoms. The Morgan fingerprint density at radius 1 is 1.27 bits per heavy atom. The summed E-state index contributed by atoms with van der Waals surface area (Å²) in [5.41, 5.74) is 4.12. The number of fused-ring (bicyclic) bond motifs is 1. The lowest BCUT2D eigenvalue weighted by Crippen LogP contribution is -2.33. The number of aromatic amines is 1. The summed E-state index contributed by atoms with van der Waals surface area (Å²) in [6.07, 6.45) is 0.750. The van der Waals surface area contributed by atoms with E-state index < -0.39 is 0 Å². The third kappa shape index (κ3) is 3.48. The molecule has 2 N–H and O–H groups in total. The van der Waals surface area contributed by atoms with Gasteiger partial charge in [0, 0.05) is 25.7 Å². The van der Waals surface area contributed by atoms with Crippen LogP contribution in [0.4, 0.5) is 5.95 Å². The SMILES string of the molecule is Cc1ccc(CN(C)c2nc3c(c(=O)[nH]2)CCNC3)cc1.Cl. The lowest BCUT2D eigenvalue weighted by atomic mass is 10.1. The fraction of sp³-hybridized carbons (Fsp3) is 0.375. The second-order valence-corrected chi connectivity index (χ2v) is 5.58. The zero-order chi connectivity index (χ0) is 14.8. The molecule has 1 aliphatic rings. The Hall–Kier alpha value is -1.85. The third-order valence-electron chi connectivity index (χ3n) is 3.83. The number of rotatable bonds is 3. The van der Waals surface area contributed by atoms with Crippen molar-refractivity contribution < 1.29 is 0 Å². The highest BCUT2D eigenvalue weighted by molar-refractivity contribution is 5.85. The van der Waals surface area contributed by atoms with E-state index in [4.69, 9.17) is 0 Å². The molecule has 2 heterocycles. The Morgan fingerprint density at radius 3 is 2.73 bits per heavy atom. The normalized spacial score (nSPS) is 13.2. The van der Waals surface area contributed by atoms with Gasteiger partial charge in [0.25, 0.3) is 5.56 Å². The summed E-state index contributed by atoms with van der Waals surface area (Å²) >= 11 is 0. The van der Waals surface area contributed by atoms with Crippen LogP contribution in [0, 0.1) is 6.92 Å². The quantitative estimate of drug-likeness (QED) is 0.905. The van der Waals surface area contributed by atoms with Crippen LogP contribution in [0.3, 0.4) is 0 Å². The minimum atomic E-state index is -0.00717. The van der Waals surface area contributed by atoms with Crippen LogP contribution in [0.5, 0.6) is 0 Å². The van der Waals surface area contributed by atoms with Gasteiger partial charge in [-0.3, -0.25) is 9.78 Å². The van der Waals surface area contributed by atoms with E-state index in [1.807, 2.05) is 11.9 Å². The smallest absolute Gasteiger partial charge is 0.255 e. The van der Waals surface area contributed by atoms with Crippen LogP contribution >= 0.6 is 12.4 Å². The van der Waals surface area contributed by atoms with Gasteiger partial charge >= 0.3 is 0 Å². The molecule has 0 amide bonds. The monoisotopic (exact) mass is 320 g/mol. The van der Waals surface area contributed by atoms with Crippen molar-refractivity contribution in [1.29, 1.82) is 0 Å². The Balaban J connectivity index is 0.00000176. The molecule has 0 fully saturated rings. The first kappa shape index (κ1) is 16.5. The fourth-order valence-electron chi connectivity index (χ4n) is 2.58. The molecule has 22 heavy (non-hydrogen) atoms. The number of anilines is 1. The molecular formula is C16H21ClN4O. The van der Waals surface area contributed by atoms with Gasteiger partial charge in [-0.15, -0.1) is 12.4 Å². The molecule has 0 atom stereocenters. The van der Waals surface area contributed by atoms with Crippen LogP contribution in [0.25, 0.3) is 0 Å². The number of hydrogen-bond acceptors (Lipinski definition) is 4. The molecule has 0 saturated heterocycles. The molecule has 1 aromatic heterocycles. The number of H-pyrrole nitrogens is 1. The van der Waals surface area contributed by atoms with Crippen molar-refractivity contribution in [3.05, 3.63) is 57.0 Å². The fourth-order valence-corrected chi connectivity index (χ4v) is 2.58. The predicted octanol–water partition coefficient (Wildman–Crippen LogP) is 1.78. The van der Waals surface area contributed by atoms with E-state index in [-0.39, 0.29) is 18.0 Å². The van der Waals surface area contributed by atoms with Gasteiger partial charge in [-0.25, -0.2) is 4.98 Å². The van der Waals surface area contributed by atoms with Crippen molar-refractivity contribution in [3.63, 3.8) is 0 Å². The molecule has 1 aliphatic heterocycles. The van der Waals surface area contributed by atoms with Crippen molar-refractivity contribution >= 4 is 18.4 Å². The lowest BCUT2D eigenvalue weighted by Gasteiger charge is -2.21. The van der Waals surface area contributed by atoms with Crippen LogP contribution in [-0.4, -0.2) is 23.6 Å². The van der Waals surface area contributed by atoms with E-state index >= 15 is 0 Å². The highest BCUT2D eigenvalue weighted by Gasteiger charge is 2.16. The Bertz CT molecular complexity index is 696. The highest BCUT2D eigenvalue weighted by atomic mass is 35.5. The third-order valence-corrected chi connectivity index (χ3v) is 3.83. The number of hydrogen-bond donors (Lipinski definition) is 2. The first-order valence-electron chi connectivity index (χ1n) is 7.23. The van der Waals surface area contributed by atoms with Gasteiger partial charge in [-0.1, -0.05) is 29.8 Å². The van der Waals surface area contributed by atoms with E-state index in [2.05, 4.69) is 46.5 Å². The van der Waals surface area contributed by atoms with Crippen molar-refractivity contribution in [3.8, 4) is 0 Å². The minimum Gasteiger partial charge on any atom is -0.341 e. The first-order chi connectivity index (χ1) is 10.1. The van der Waals surface area contributed by atoms with Crippen LogP contribution in [0.15, 0.2) is 29.1 Å². The van der Waals surface area contributed by atoms with Crippen LogP contribution < -0.4 is 15.8 Å². The molecule has 0 radical (unpaired) electrons. The number of nitrogens with one attached hydrogen (secondary N) is 2. The number of nitrogens with zero attached hydrogens (tertiary/aromatic N) is 2. The Kier molecular flexibility index (Phi) is 5.21. The molecule has 5 nitrogen and oxygen atoms in total. The van der Waals surface area contributed by atoms with Gasteiger partial charge in [0.15, 0.2) is 0 Å². The molecule has 0 aliphatic carbocycles. The van der Waals surface area contributed by atoms with Crippen molar-refractivity contribution in [2.45, 2.75) is 26.4 Å². The molecular weight excluding hydrogens is 300 g/mol. The zero-order valence-corrected chi connectivity index (χ0v) is 13.7. The maximum absolute atomic E-state index is 12.1. The van der Waals surface area contributed by atoms with Crippen LogP contribution in [-0.2, 0) is 19.5 Å². The Labute approximate surface area is 136 Å². The van der Waals surface area contributed by atoms with E-state index in [0.29, 0.717) is 12.5 Å². The number of aryl methyl sites for hydroxylation is 1. The standard InChI is InChI=1S/C16H20N4O.ClH/c1-11-3-5-12(6-4-11)10-20(2)16-18-14-9-17-8-7-13(14)15(21)19-16;/h3-6,17H,7-10H2,1-2H3,(H,18,19,21);1H. The van der Waals surface area contributed by atoms with E-state index in [1.165, 1.54) is 11.1 Å². The van der Waals surface area contributed by atoms with E-state index in [1.54, 1.807) is 0 Å². The first-order valence-corrected chi connectivity index (χ1v) is 7.23. The number of benzene rings is 1. The summed E-state index contributed by atoms with van der Waals surface area (Å²) < 4.78 is 0. The second-order valence-electron chi connectivity index (χ2n) is 5.58. The van der Waals surface area contributed by atoms with E-state index in [9.17, 15) is 4.79 Å². The van der Waals surface area contributed by atoms with Gasteiger partial charge in [-0.2, -0.15) is 0 Å². The average Bonchev–Trinajstić information content (AvgIpc) is 2.49. The second kappa shape index (κ2) is 6.94. The van der Waals surface area contributed by atoms with Gasteiger partial charge in [-0.05, 0) is 25.5 Å². The summed E-state index contributed by atoms with van der Waals surface area (Å²) in [6.45, 7) is 4.30. The van der Waals surface area contributed by atoms with Crippen LogP contribution in [0.2, 0.25) is 0 Å². The summed E-state index contributed by atoms with van der Waals surface area (Å²) in [5, 5.41) is 3.26. The van der Waals surface area contributed by atoms with Gasteiger partial charge in [0.05, 0.1) is 5.69 Å². The summed E-state index contributed by atoms with van der Waals surface area (Å²) in [7, 11) is 1.95. The minimum absolute atomic E-state index is 0. The number of halogens is 1. The van der Waals surface area contributed by atoms with Gasteiger partial charge in [0.1, 0.15) is 0 Å². The predicted molar refractivity (Wildman–Crippen MR) is 90.8 cm³/mol. The molecule has 1 aromatic carbocycles. The maximum atomic E-state index is 12.1. The van der Waals surface area contributed by atoms with Gasteiger partial charge < -0.3 is 10.2 Å². The van der Waals surface area contributed by atoms with Crippen molar-refractivity contribution in [2.75, 3.05) is 18.5 Å². The zero-order valence-electron chi connectivity index (χ0n) is 12.8. The topological polar surface area (TPSA) is 61.0 Å². The number of aromatic nitrogens is 2. The molecule has 3 rings (SSSR count). The van der Waals surface area contributed by atoms with E-state index in [0.717, 1.165) is 30.8 Å². The van der Waals surface area contributed by atoms with Gasteiger partial charge in [0.2, 0.25) is 5.95 Å². The molecule has 0 saturated carbocycles. The molecule has 118 valence electrons. The average molecular weight is 321 g/mol. The molecule has 2 aromatic rings. The summed E-state index contributed by atoms with van der Waals surface area (Å²) in [6, 6.07) is 8.39. The summed E-state index contributed by atoms with van der Waals surface area (Å²) in [4.78, 5) is 21.6.